The first-order chi connectivity index (χ1) is 10.2. The van der Waals surface area contributed by atoms with Gasteiger partial charge in [0.25, 0.3) is 0 Å². The molecule has 0 unspecified atom stereocenters. The van der Waals surface area contributed by atoms with E-state index in [-0.39, 0.29) is 0 Å². The van der Waals surface area contributed by atoms with Gasteiger partial charge in [0, 0.05) is 0 Å². The molecule has 1 rings (SSSR count). The standard InChI is InChI=1S/C6H3N2.3C4H9.Sn/c7-5-6-3-1-2-4-8-6;3*1-3-4-2;/h1-3H;3*1,3-4H2,2H3;. The zero-order valence-electron chi connectivity index (χ0n) is 14.0. The van der Waals surface area contributed by atoms with Gasteiger partial charge in [0.2, 0.25) is 0 Å². The van der Waals surface area contributed by atoms with E-state index in [4.69, 9.17) is 10.2 Å². The molecule has 0 aliphatic carbocycles. The zero-order valence-corrected chi connectivity index (χ0v) is 16.8. The summed E-state index contributed by atoms with van der Waals surface area (Å²) in [7, 11) is 0. The van der Waals surface area contributed by atoms with Crippen molar-refractivity contribution in [1.82, 2.24) is 4.98 Å². The molecule has 0 aliphatic heterocycles. The minimum atomic E-state index is -2.43. The van der Waals surface area contributed by atoms with Gasteiger partial charge in [0.15, 0.2) is 0 Å². The monoisotopic (exact) mass is 394 g/mol. The first-order valence-electron chi connectivity index (χ1n) is 8.60. The molecule has 0 fully saturated rings. The summed E-state index contributed by atoms with van der Waals surface area (Å²) in [5.41, 5.74) is 0.609. The molecule has 0 bridgehead atoms. The van der Waals surface area contributed by atoms with E-state index in [2.05, 4.69) is 39.0 Å². The van der Waals surface area contributed by atoms with Crippen LogP contribution in [0.15, 0.2) is 18.2 Å². The summed E-state index contributed by atoms with van der Waals surface area (Å²) < 4.78 is 5.59. The summed E-state index contributed by atoms with van der Waals surface area (Å²) in [6, 6.07) is 8.36. The fourth-order valence-electron chi connectivity index (χ4n) is 3.10. The van der Waals surface area contributed by atoms with E-state index >= 15 is 0 Å². The Morgan fingerprint density at radius 3 is 1.90 bits per heavy atom. The molecule has 3 heteroatoms. The van der Waals surface area contributed by atoms with E-state index in [0.29, 0.717) is 5.69 Å². The molecule has 2 nitrogen and oxygen atoms in total. The zero-order chi connectivity index (χ0) is 15.6. The molecule has 21 heavy (non-hydrogen) atoms. The number of hydrogen-bond donors (Lipinski definition) is 0. The number of nitriles is 1. The third-order valence-corrected chi connectivity index (χ3v) is 19.6. The van der Waals surface area contributed by atoms with Gasteiger partial charge in [0.05, 0.1) is 0 Å². The van der Waals surface area contributed by atoms with Crippen molar-refractivity contribution >= 4 is 22.1 Å². The van der Waals surface area contributed by atoms with Crippen molar-refractivity contribution in [3.8, 4) is 6.07 Å². The van der Waals surface area contributed by atoms with Gasteiger partial charge in [-0.05, 0) is 0 Å². The molecule has 1 heterocycles. The Hall–Kier alpha value is -0.561. The molecule has 1 aromatic rings. The first kappa shape index (κ1) is 18.5. The van der Waals surface area contributed by atoms with Crippen LogP contribution in [0.1, 0.15) is 65.0 Å². The van der Waals surface area contributed by atoms with Crippen molar-refractivity contribution in [2.45, 2.75) is 72.6 Å². The van der Waals surface area contributed by atoms with Gasteiger partial charge in [-0.15, -0.1) is 0 Å². The van der Waals surface area contributed by atoms with Gasteiger partial charge < -0.3 is 0 Å². The van der Waals surface area contributed by atoms with Crippen LogP contribution in [0, 0.1) is 11.3 Å². The molecule has 0 radical (unpaired) electrons. The Balaban J connectivity index is 3.12. The third kappa shape index (κ3) is 5.62. The van der Waals surface area contributed by atoms with Crippen molar-refractivity contribution in [2.75, 3.05) is 0 Å². The Kier molecular flexibility index (Phi) is 8.99. The van der Waals surface area contributed by atoms with E-state index in [1.54, 1.807) is 0 Å². The fraction of sp³-hybridized carbons (Fsp3) is 0.667. The molecular weight excluding hydrogens is 363 g/mol. The van der Waals surface area contributed by atoms with E-state index in [1.165, 1.54) is 55.5 Å². The number of hydrogen-bond acceptors (Lipinski definition) is 2. The molecule has 0 amide bonds. The average Bonchev–Trinajstić information content (AvgIpc) is 2.54. The molecule has 0 aliphatic rings. The minimum absolute atomic E-state index is 0.609. The maximum atomic E-state index is 9.17. The second-order valence-corrected chi connectivity index (χ2v) is 19.2. The second-order valence-electron chi connectivity index (χ2n) is 6.11. The quantitative estimate of drug-likeness (QED) is 0.524. The van der Waals surface area contributed by atoms with Gasteiger partial charge in [-0.2, -0.15) is 0 Å². The van der Waals surface area contributed by atoms with Crippen LogP contribution in [0.2, 0.25) is 13.3 Å². The number of rotatable bonds is 10. The molecule has 0 spiro atoms. The van der Waals surface area contributed by atoms with Crippen molar-refractivity contribution in [2.24, 2.45) is 0 Å². The maximum absolute atomic E-state index is 9.17. The average molecular weight is 393 g/mol. The van der Waals surface area contributed by atoms with Crippen molar-refractivity contribution < 1.29 is 0 Å². The van der Waals surface area contributed by atoms with Crippen LogP contribution in [0.5, 0.6) is 0 Å². The number of unbranched alkanes of at least 4 members (excludes halogenated alkanes) is 3. The number of aromatic nitrogens is 1. The predicted molar refractivity (Wildman–Crippen MR) is 93.5 cm³/mol. The van der Waals surface area contributed by atoms with Crippen LogP contribution in [-0.4, -0.2) is 23.4 Å². The summed E-state index contributed by atoms with van der Waals surface area (Å²) in [5.74, 6) is 0. The topological polar surface area (TPSA) is 36.7 Å². The number of nitrogens with zero attached hydrogens (tertiary/aromatic N) is 2. The molecule has 0 aromatic carbocycles. The first-order valence-corrected chi connectivity index (χ1v) is 16.1. The Bertz CT molecular complexity index is 429. The van der Waals surface area contributed by atoms with Crippen LogP contribution in [0.4, 0.5) is 0 Å². The Labute approximate surface area is 134 Å². The van der Waals surface area contributed by atoms with Crippen LogP contribution in [0.25, 0.3) is 0 Å². The molecule has 0 N–H and O–H groups in total. The molecule has 116 valence electrons. The van der Waals surface area contributed by atoms with Gasteiger partial charge in [0.1, 0.15) is 0 Å². The van der Waals surface area contributed by atoms with Gasteiger partial charge in [-0.1, -0.05) is 0 Å². The Morgan fingerprint density at radius 2 is 1.48 bits per heavy atom. The summed E-state index contributed by atoms with van der Waals surface area (Å²) in [6.45, 7) is 6.86. The summed E-state index contributed by atoms with van der Waals surface area (Å²) in [4.78, 5) is 4.75. The van der Waals surface area contributed by atoms with Crippen LogP contribution in [0.3, 0.4) is 0 Å². The van der Waals surface area contributed by atoms with Gasteiger partial charge in [-0.25, -0.2) is 0 Å². The second kappa shape index (κ2) is 10.2. The summed E-state index contributed by atoms with van der Waals surface area (Å²) in [5, 5.41) is 9.17. The van der Waals surface area contributed by atoms with E-state index in [0.717, 1.165) is 0 Å². The van der Waals surface area contributed by atoms with Gasteiger partial charge >= 0.3 is 135 Å². The summed E-state index contributed by atoms with van der Waals surface area (Å²) in [6.07, 6.45) is 7.82. The van der Waals surface area contributed by atoms with E-state index in [9.17, 15) is 0 Å². The van der Waals surface area contributed by atoms with E-state index in [1.807, 2.05) is 6.07 Å². The van der Waals surface area contributed by atoms with Gasteiger partial charge in [-0.3, -0.25) is 0 Å². The molecule has 1 aromatic heterocycles. The van der Waals surface area contributed by atoms with Crippen molar-refractivity contribution in [3.05, 3.63) is 23.9 Å². The SMILES string of the molecule is CCC[CH2][Sn]([CH2]CCC)([CH2]CCC)[c]1cccc(C#N)n1. The molecule has 0 saturated carbocycles. The van der Waals surface area contributed by atoms with Crippen LogP contribution in [-0.2, 0) is 0 Å². The van der Waals surface area contributed by atoms with Crippen LogP contribution < -0.4 is 3.71 Å². The normalized spacial score (nSPS) is 11.3. The molecule has 0 saturated heterocycles. The number of pyridine rings is 1. The van der Waals surface area contributed by atoms with Crippen LogP contribution >= 0.6 is 0 Å². The van der Waals surface area contributed by atoms with Crippen molar-refractivity contribution in [3.63, 3.8) is 0 Å². The Morgan fingerprint density at radius 1 is 0.952 bits per heavy atom. The molecular formula is C18H30N2Sn. The fourth-order valence-corrected chi connectivity index (χ4v) is 18.6. The van der Waals surface area contributed by atoms with E-state index < -0.39 is 18.4 Å². The molecule has 0 atom stereocenters. The van der Waals surface area contributed by atoms with Crippen molar-refractivity contribution in [1.29, 1.82) is 5.26 Å². The third-order valence-electron chi connectivity index (χ3n) is 4.43. The summed E-state index contributed by atoms with van der Waals surface area (Å²) >= 11 is -2.43. The predicted octanol–water partition coefficient (Wildman–Crippen LogP) is 5.01.